The summed E-state index contributed by atoms with van der Waals surface area (Å²) in [6.45, 7) is 1.74. The molecule has 0 radical (unpaired) electrons. The van der Waals surface area contributed by atoms with Crippen molar-refractivity contribution < 1.29 is 9.90 Å². The predicted molar refractivity (Wildman–Crippen MR) is 75.7 cm³/mol. The van der Waals surface area contributed by atoms with Crippen LogP contribution < -0.4 is 10.6 Å². The standard InChI is InChI=1S/C14H23N3O2/c1-17(2)11-13(18)9-15-10-14(19)16-8-12-6-4-3-5-7-12/h3-7,13,15,18H,8-11H2,1-2H3,(H,16,19). The number of rotatable bonds is 8. The number of aliphatic hydroxyl groups is 1. The summed E-state index contributed by atoms with van der Waals surface area (Å²) in [6.07, 6.45) is -0.461. The maximum atomic E-state index is 11.6. The lowest BCUT2D eigenvalue weighted by Gasteiger charge is -2.16. The molecule has 0 saturated heterocycles. The average Bonchev–Trinajstić information content (AvgIpc) is 2.36. The van der Waals surface area contributed by atoms with Gasteiger partial charge in [0, 0.05) is 19.6 Å². The Bertz CT molecular complexity index is 368. The Morgan fingerprint density at radius 1 is 1.32 bits per heavy atom. The molecule has 1 aromatic rings. The van der Waals surface area contributed by atoms with Crippen molar-refractivity contribution in [2.45, 2.75) is 12.6 Å². The summed E-state index contributed by atoms with van der Waals surface area (Å²) in [5.74, 6) is -0.0686. The van der Waals surface area contributed by atoms with Crippen LogP contribution in [0.15, 0.2) is 30.3 Å². The highest BCUT2D eigenvalue weighted by molar-refractivity contribution is 5.77. The molecule has 1 unspecified atom stereocenters. The fourth-order valence-electron chi connectivity index (χ4n) is 1.70. The van der Waals surface area contributed by atoms with Crippen LogP contribution in [0.25, 0.3) is 0 Å². The van der Waals surface area contributed by atoms with Gasteiger partial charge in [-0.15, -0.1) is 0 Å². The highest BCUT2D eigenvalue weighted by Crippen LogP contribution is 1.96. The number of nitrogens with zero attached hydrogens (tertiary/aromatic N) is 1. The van der Waals surface area contributed by atoms with Crippen LogP contribution in [0.4, 0.5) is 0 Å². The molecule has 0 aliphatic heterocycles. The van der Waals surface area contributed by atoms with Crippen molar-refractivity contribution in [3.63, 3.8) is 0 Å². The first-order valence-electron chi connectivity index (χ1n) is 6.42. The molecule has 0 fully saturated rings. The van der Waals surface area contributed by atoms with Gasteiger partial charge in [0.25, 0.3) is 0 Å². The van der Waals surface area contributed by atoms with E-state index in [0.717, 1.165) is 5.56 Å². The molecule has 0 aliphatic carbocycles. The quantitative estimate of drug-likeness (QED) is 0.610. The predicted octanol–water partition coefficient (Wildman–Crippen LogP) is -0.185. The van der Waals surface area contributed by atoms with E-state index in [2.05, 4.69) is 10.6 Å². The molecule has 1 rings (SSSR count). The van der Waals surface area contributed by atoms with Crippen LogP contribution in [-0.4, -0.2) is 55.7 Å². The Kier molecular flexibility index (Phi) is 7.10. The van der Waals surface area contributed by atoms with E-state index in [4.69, 9.17) is 0 Å². The molecule has 0 bridgehead atoms. The Balaban J connectivity index is 2.11. The van der Waals surface area contributed by atoms with E-state index in [0.29, 0.717) is 19.6 Å². The van der Waals surface area contributed by atoms with E-state index in [1.165, 1.54) is 0 Å². The minimum atomic E-state index is -0.461. The molecule has 0 heterocycles. The Hall–Kier alpha value is -1.43. The molecule has 106 valence electrons. The molecule has 0 saturated carbocycles. The molecule has 5 nitrogen and oxygen atoms in total. The average molecular weight is 265 g/mol. The van der Waals surface area contributed by atoms with Gasteiger partial charge < -0.3 is 20.6 Å². The molecule has 1 atom stereocenters. The molecule has 3 N–H and O–H groups in total. The van der Waals surface area contributed by atoms with E-state index in [1.807, 2.05) is 49.3 Å². The summed E-state index contributed by atoms with van der Waals surface area (Å²) in [4.78, 5) is 13.5. The lowest BCUT2D eigenvalue weighted by Crippen LogP contribution is -2.40. The van der Waals surface area contributed by atoms with E-state index < -0.39 is 6.10 Å². The number of hydrogen-bond acceptors (Lipinski definition) is 4. The molecular formula is C14H23N3O2. The molecule has 1 amide bonds. The summed E-state index contributed by atoms with van der Waals surface area (Å²) in [7, 11) is 3.80. The fraction of sp³-hybridized carbons (Fsp3) is 0.500. The highest BCUT2D eigenvalue weighted by atomic mass is 16.3. The summed E-state index contributed by atoms with van der Waals surface area (Å²) in [5, 5.41) is 15.4. The maximum Gasteiger partial charge on any atom is 0.234 e. The zero-order chi connectivity index (χ0) is 14.1. The van der Waals surface area contributed by atoms with Crippen molar-refractivity contribution in [1.29, 1.82) is 0 Å². The normalized spacial score (nSPS) is 12.4. The first-order valence-corrected chi connectivity index (χ1v) is 6.42. The van der Waals surface area contributed by atoms with Gasteiger partial charge in [-0.3, -0.25) is 4.79 Å². The van der Waals surface area contributed by atoms with Crippen LogP contribution in [0.1, 0.15) is 5.56 Å². The minimum absolute atomic E-state index is 0.0686. The van der Waals surface area contributed by atoms with E-state index in [-0.39, 0.29) is 12.5 Å². The van der Waals surface area contributed by atoms with Crippen molar-refractivity contribution >= 4 is 5.91 Å². The third kappa shape index (κ3) is 7.56. The van der Waals surface area contributed by atoms with Gasteiger partial charge in [0.2, 0.25) is 5.91 Å². The van der Waals surface area contributed by atoms with Crippen LogP contribution in [0.2, 0.25) is 0 Å². The first-order chi connectivity index (χ1) is 9.08. The summed E-state index contributed by atoms with van der Waals surface area (Å²) in [5.41, 5.74) is 1.07. The SMILES string of the molecule is CN(C)CC(O)CNCC(=O)NCc1ccccc1. The van der Waals surface area contributed by atoms with Gasteiger partial charge in [-0.2, -0.15) is 0 Å². The highest BCUT2D eigenvalue weighted by Gasteiger charge is 2.06. The molecule has 0 spiro atoms. The second-order valence-corrected chi connectivity index (χ2v) is 4.81. The van der Waals surface area contributed by atoms with Crippen LogP contribution in [-0.2, 0) is 11.3 Å². The molecular weight excluding hydrogens is 242 g/mol. The van der Waals surface area contributed by atoms with Crippen LogP contribution >= 0.6 is 0 Å². The lowest BCUT2D eigenvalue weighted by atomic mass is 10.2. The van der Waals surface area contributed by atoms with Gasteiger partial charge >= 0.3 is 0 Å². The topological polar surface area (TPSA) is 64.6 Å². The van der Waals surface area contributed by atoms with Crippen molar-refractivity contribution in [2.24, 2.45) is 0 Å². The van der Waals surface area contributed by atoms with Gasteiger partial charge in [-0.05, 0) is 19.7 Å². The third-order valence-corrected chi connectivity index (χ3v) is 2.57. The summed E-state index contributed by atoms with van der Waals surface area (Å²) >= 11 is 0. The zero-order valence-electron chi connectivity index (χ0n) is 11.6. The van der Waals surface area contributed by atoms with Crippen LogP contribution in [0.5, 0.6) is 0 Å². The van der Waals surface area contributed by atoms with E-state index in [1.54, 1.807) is 0 Å². The Morgan fingerprint density at radius 3 is 2.63 bits per heavy atom. The Labute approximate surface area is 114 Å². The smallest absolute Gasteiger partial charge is 0.234 e. The van der Waals surface area contributed by atoms with Gasteiger partial charge in [0.15, 0.2) is 0 Å². The summed E-state index contributed by atoms with van der Waals surface area (Å²) in [6, 6.07) is 9.76. The number of carbonyl (C=O) groups excluding carboxylic acids is 1. The number of nitrogens with one attached hydrogen (secondary N) is 2. The molecule has 5 heteroatoms. The van der Waals surface area contributed by atoms with Crippen molar-refractivity contribution in [2.75, 3.05) is 33.7 Å². The van der Waals surface area contributed by atoms with Crippen molar-refractivity contribution in [3.8, 4) is 0 Å². The van der Waals surface area contributed by atoms with Crippen LogP contribution in [0.3, 0.4) is 0 Å². The lowest BCUT2D eigenvalue weighted by molar-refractivity contribution is -0.120. The monoisotopic (exact) mass is 265 g/mol. The zero-order valence-corrected chi connectivity index (χ0v) is 11.6. The van der Waals surface area contributed by atoms with Crippen molar-refractivity contribution in [1.82, 2.24) is 15.5 Å². The number of benzene rings is 1. The number of carbonyl (C=O) groups is 1. The largest absolute Gasteiger partial charge is 0.390 e. The van der Waals surface area contributed by atoms with Gasteiger partial charge in [0.1, 0.15) is 0 Å². The van der Waals surface area contributed by atoms with Gasteiger partial charge in [0.05, 0.1) is 12.6 Å². The second kappa shape index (κ2) is 8.63. The van der Waals surface area contributed by atoms with E-state index in [9.17, 15) is 9.90 Å². The summed E-state index contributed by atoms with van der Waals surface area (Å²) < 4.78 is 0. The first kappa shape index (κ1) is 15.6. The third-order valence-electron chi connectivity index (χ3n) is 2.57. The molecule has 0 aromatic heterocycles. The number of aliphatic hydroxyl groups excluding tert-OH is 1. The number of likely N-dealkylation sites (N-methyl/N-ethyl adjacent to an activating group) is 1. The number of amides is 1. The maximum absolute atomic E-state index is 11.6. The van der Waals surface area contributed by atoms with Crippen molar-refractivity contribution in [3.05, 3.63) is 35.9 Å². The molecule has 1 aromatic carbocycles. The van der Waals surface area contributed by atoms with E-state index >= 15 is 0 Å². The van der Waals surface area contributed by atoms with Crippen LogP contribution in [0, 0.1) is 0 Å². The molecule has 0 aliphatic rings. The minimum Gasteiger partial charge on any atom is -0.390 e. The molecule has 19 heavy (non-hydrogen) atoms. The van der Waals surface area contributed by atoms with Gasteiger partial charge in [-0.1, -0.05) is 30.3 Å². The fourth-order valence-corrected chi connectivity index (χ4v) is 1.70. The number of hydrogen-bond donors (Lipinski definition) is 3. The second-order valence-electron chi connectivity index (χ2n) is 4.81. The van der Waals surface area contributed by atoms with Gasteiger partial charge in [-0.25, -0.2) is 0 Å². The Morgan fingerprint density at radius 2 is 2.00 bits per heavy atom.